The van der Waals surface area contributed by atoms with E-state index in [1.54, 1.807) is 24.4 Å². The average molecular weight is 287 g/mol. The zero-order valence-electron chi connectivity index (χ0n) is 11.1. The Balaban J connectivity index is 1.61. The van der Waals surface area contributed by atoms with Crippen molar-refractivity contribution < 1.29 is 4.79 Å². The van der Waals surface area contributed by atoms with Gasteiger partial charge in [0.1, 0.15) is 18.7 Å². The van der Waals surface area contributed by atoms with Gasteiger partial charge in [-0.25, -0.2) is 14.5 Å². The lowest BCUT2D eigenvalue weighted by molar-refractivity contribution is -0.121. The minimum atomic E-state index is -0.337. The zero-order chi connectivity index (χ0) is 14.7. The predicted octanol–water partition coefficient (Wildman–Crippen LogP) is -1.03. The SMILES string of the molecule is O=C(Cn1nc2ccccn2c1=O)NCCc1ncn[nH]1. The summed E-state index contributed by atoms with van der Waals surface area (Å²) >= 11 is 0. The molecule has 108 valence electrons. The number of aromatic amines is 1. The third-order valence-electron chi connectivity index (χ3n) is 2.93. The smallest absolute Gasteiger partial charge is 0.350 e. The normalized spacial score (nSPS) is 10.9. The Morgan fingerprint density at radius 2 is 2.29 bits per heavy atom. The quantitative estimate of drug-likeness (QED) is 0.623. The minimum absolute atomic E-state index is 0.114. The largest absolute Gasteiger partial charge is 0.354 e. The molecular weight excluding hydrogens is 274 g/mol. The second kappa shape index (κ2) is 5.57. The number of carbonyl (C=O) groups is 1. The molecule has 0 fully saturated rings. The van der Waals surface area contributed by atoms with Crippen molar-refractivity contribution in [1.29, 1.82) is 0 Å². The van der Waals surface area contributed by atoms with E-state index in [9.17, 15) is 9.59 Å². The number of rotatable bonds is 5. The standard InChI is InChI=1S/C12H13N7O2/c20-11(13-5-4-9-14-8-15-16-9)7-19-12(21)18-6-2-1-3-10(18)17-19/h1-3,6,8H,4-5,7H2,(H,13,20)(H,14,15,16). The number of aromatic nitrogens is 6. The molecule has 21 heavy (non-hydrogen) atoms. The van der Waals surface area contributed by atoms with Crippen LogP contribution in [0.3, 0.4) is 0 Å². The Labute approximate surface area is 118 Å². The van der Waals surface area contributed by atoms with Gasteiger partial charge < -0.3 is 5.32 Å². The van der Waals surface area contributed by atoms with Crippen LogP contribution >= 0.6 is 0 Å². The van der Waals surface area contributed by atoms with Crippen LogP contribution in [-0.4, -0.2) is 41.8 Å². The molecule has 0 bridgehead atoms. The number of hydrogen-bond donors (Lipinski definition) is 2. The van der Waals surface area contributed by atoms with Crippen molar-refractivity contribution in [3.8, 4) is 0 Å². The molecule has 3 aromatic heterocycles. The van der Waals surface area contributed by atoms with Crippen LogP contribution in [-0.2, 0) is 17.8 Å². The lowest BCUT2D eigenvalue weighted by atomic mass is 10.4. The number of hydrogen-bond acceptors (Lipinski definition) is 5. The molecule has 3 rings (SSSR count). The van der Waals surface area contributed by atoms with Gasteiger partial charge in [-0.1, -0.05) is 6.07 Å². The Hall–Kier alpha value is -2.97. The molecule has 0 aliphatic rings. The molecule has 0 atom stereocenters. The second-order valence-electron chi connectivity index (χ2n) is 4.40. The van der Waals surface area contributed by atoms with Crippen molar-refractivity contribution in [2.24, 2.45) is 0 Å². The van der Waals surface area contributed by atoms with E-state index in [2.05, 4.69) is 25.6 Å². The molecular formula is C12H13N7O2. The number of nitrogens with one attached hydrogen (secondary N) is 2. The average Bonchev–Trinajstić information content (AvgIpc) is 3.09. The first kappa shape index (κ1) is 13.0. The number of pyridine rings is 1. The predicted molar refractivity (Wildman–Crippen MR) is 72.5 cm³/mol. The molecule has 9 nitrogen and oxygen atoms in total. The fourth-order valence-electron chi connectivity index (χ4n) is 1.93. The fourth-order valence-corrected chi connectivity index (χ4v) is 1.93. The molecule has 0 unspecified atom stereocenters. The Morgan fingerprint density at radius 3 is 3.05 bits per heavy atom. The molecule has 1 amide bonds. The van der Waals surface area contributed by atoms with Gasteiger partial charge >= 0.3 is 5.69 Å². The van der Waals surface area contributed by atoms with E-state index in [0.717, 1.165) is 4.68 Å². The van der Waals surface area contributed by atoms with Crippen LogP contribution in [0, 0.1) is 0 Å². The summed E-state index contributed by atoms with van der Waals surface area (Å²) in [5.41, 5.74) is 0.174. The van der Waals surface area contributed by atoms with Crippen LogP contribution in [0.5, 0.6) is 0 Å². The van der Waals surface area contributed by atoms with Gasteiger partial charge in [-0.2, -0.15) is 5.10 Å². The van der Waals surface area contributed by atoms with Gasteiger partial charge in [-0.05, 0) is 12.1 Å². The van der Waals surface area contributed by atoms with Crippen molar-refractivity contribution in [3.05, 3.63) is 47.0 Å². The molecule has 0 spiro atoms. The lowest BCUT2D eigenvalue weighted by Crippen LogP contribution is -2.33. The molecule has 3 aromatic rings. The van der Waals surface area contributed by atoms with E-state index in [0.29, 0.717) is 24.4 Å². The zero-order valence-corrected chi connectivity index (χ0v) is 11.1. The van der Waals surface area contributed by atoms with Crippen LogP contribution < -0.4 is 11.0 Å². The van der Waals surface area contributed by atoms with E-state index < -0.39 is 0 Å². The van der Waals surface area contributed by atoms with Crippen LogP contribution in [0.4, 0.5) is 0 Å². The number of carbonyl (C=O) groups excluding carboxylic acids is 1. The van der Waals surface area contributed by atoms with Crippen molar-refractivity contribution in [1.82, 2.24) is 34.7 Å². The maximum absolute atomic E-state index is 12.0. The summed E-state index contributed by atoms with van der Waals surface area (Å²) in [6.45, 7) is 0.299. The van der Waals surface area contributed by atoms with Crippen molar-refractivity contribution in [3.63, 3.8) is 0 Å². The summed E-state index contributed by atoms with van der Waals surface area (Å²) in [4.78, 5) is 27.7. The Kier molecular flexibility index (Phi) is 3.46. The minimum Gasteiger partial charge on any atom is -0.354 e. The van der Waals surface area contributed by atoms with Crippen LogP contribution in [0.1, 0.15) is 5.82 Å². The molecule has 0 aliphatic heterocycles. The van der Waals surface area contributed by atoms with Gasteiger partial charge in [0.15, 0.2) is 5.65 Å². The monoisotopic (exact) mass is 287 g/mol. The summed E-state index contributed by atoms with van der Waals surface area (Å²) in [6, 6.07) is 5.22. The van der Waals surface area contributed by atoms with Crippen molar-refractivity contribution in [2.45, 2.75) is 13.0 Å². The van der Waals surface area contributed by atoms with E-state index in [1.165, 1.54) is 10.7 Å². The first-order valence-corrected chi connectivity index (χ1v) is 6.39. The molecule has 9 heteroatoms. The van der Waals surface area contributed by atoms with Gasteiger partial charge in [0.25, 0.3) is 0 Å². The molecule has 0 radical (unpaired) electrons. The van der Waals surface area contributed by atoms with Crippen molar-refractivity contribution in [2.75, 3.05) is 6.54 Å². The second-order valence-corrected chi connectivity index (χ2v) is 4.40. The molecule has 0 aromatic carbocycles. The highest BCUT2D eigenvalue weighted by Crippen LogP contribution is 1.94. The van der Waals surface area contributed by atoms with Crippen molar-refractivity contribution >= 4 is 11.6 Å². The fraction of sp³-hybridized carbons (Fsp3) is 0.250. The van der Waals surface area contributed by atoms with Crippen LogP contribution in [0.25, 0.3) is 5.65 Å². The third-order valence-corrected chi connectivity index (χ3v) is 2.93. The van der Waals surface area contributed by atoms with E-state index in [4.69, 9.17) is 0 Å². The van der Waals surface area contributed by atoms with Gasteiger partial charge in [0, 0.05) is 19.2 Å². The maximum atomic E-state index is 12.0. The molecule has 0 saturated heterocycles. The van der Waals surface area contributed by atoms with Gasteiger partial charge in [-0.3, -0.25) is 14.3 Å². The van der Waals surface area contributed by atoms with E-state index in [1.807, 2.05) is 0 Å². The van der Waals surface area contributed by atoms with E-state index in [-0.39, 0.29) is 18.1 Å². The number of amides is 1. The molecule has 0 aliphatic carbocycles. The number of fused-ring (bicyclic) bond motifs is 1. The first-order valence-electron chi connectivity index (χ1n) is 6.39. The van der Waals surface area contributed by atoms with Gasteiger partial charge in [0.2, 0.25) is 5.91 Å². The van der Waals surface area contributed by atoms with Crippen LogP contribution in [0.2, 0.25) is 0 Å². The topological polar surface area (TPSA) is 110 Å². The van der Waals surface area contributed by atoms with E-state index >= 15 is 0 Å². The van der Waals surface area contributed by atoms with Gasteiger partial charge in [0.05, 0.1) is 0 Å². The highest BCUT2D eigenvalue weighted by Gasteiger charge is 2.09. The summed E-state index contributed by atoms with van der Waals surface area (Å²) in [7, 11) is 0. The lowest BCUT2D eigenvalue weighted by Gasteiger charge is -2.02. The van der Waals surface area contributed by atoms with Gasteiger partial charge in [-0.15, -0.1) is 5.10 Å². The first-order chi connectivity index (χ1) is 10.2. The molecule has 3 heterocycles. The molecule has 2 N–H and O–H groups in total. The summed E-state index contributed by atoms with van der Waals surface area (Å²) < 4.78 is 2.53. The summed E-state index contributed by atoms with van der Waals surface area (Å²) in [5, 5.41) is 13.2. The molecule has 0 saturated carbocycles. The summed E-state index contributed by atoms with van der Waals surface area (Å²) in [6.07, 6.45) is 3.57. The highest BCUT2D eigenvalue weighted by atomic mass is 16.2. The number of nitrogens with zero attached hydrogens (tertiary/aromatic N) is 5. The number of H-pyrrole nitrogens is 1. The summed E-state index contributed by atoms with van der Waals surface area (Å²) in [5.74, 6) is 0.417. The maximum Gasteiger partial charge on any atom is 0.350 e. The third kappa shape index (κ3) is 2.81. The highest BCUT2D eigenvalue weighted by molar-refractivity contribution is 5.75. The Bertz CT molecular complexity index is 802. The van der Waals surface area contributed by atoms with Crippen LogP contribution in [0.15, 0.2) is 35.5 Å². The Morgan fingerprint density at radius 1 is 1.38 bits per heavy atom.